The van der Waals surface area contributed by atoms with E-state index in [1.165, 1.54) is 6.42 Å². The van der Waals surface area contributed by atoms with Crippen molar-refractivity contribution in [3.05, 3.63) is 34.9 Å². The van der Waals surface area contributed by atoms with E-state index in [2.05, 4.69) is 6.92 Å². The van der Waals surface area contributed by atoms with Crippen LogP contribution in [-0.4, -0.2) is 22.3 Å². The quantitative estimate of drug-likeness (QED) is 0.785. The number of benzene rings is 1. The molecule has 0 bridgehead atoms. The van der Waals surface area contributed by atoms with Gasteiger partial charge < -0.3 is 14.9 Å². The van der Waals surface area contributed by atoms with Crippen LogP contribution in [0.3, 0.4) is 0 Å². The van der Waals surface area contributed by atoms with Crippen LogP contribution >= 0.6 is 0 Å². The molecule has 130 valence electrons. The Morgan fingerprint density at radius 3 is 2.83 bits per heavy atom. The zero-order chi connectivity index (χ0) is 17.3. The molecule has 0 fully saturated rings. The van der Waals surface area contributed by atoms with E-state index < -0.39 is 5.97 Å². The third-order valence-electron chi connectivity index (χ3n) is 5.36. The summed E-state index contributed by atoms with van der Waals surface area (Å²) in [4.78, 5) is 11.3. The van der Waals surface area contributed by atoms with Crippen molar-refractivity contribution in [1.29, 1.82) is 0 Å². The van der Waals surface area contributed by atoms with Crippen molar-refractivity contribution in [3.8, 4) is 11.5 Å². The molecule has 1 unspecified atom stereocenters. The predicted octanol–water partition coefficient (Wildman–Crippen LogP) is 4.41. The number of ether oxygens (including phenoxy) is 1. The highest BCUT2D eigenvalue weighted by Gasteiger charge is 2.39. The summed E-state index contributed by atoms with van der Waals surface area (Å²) >= 11 is 0. The molecule has 0 spiro atoms. The van der Waals surface area contributed by atoms with E-state index in [0.717, 1.165) is 42.6 Å². The Bertz CT molecular complexity index is 662. The number of carboxylic acids is 1. The average molecular weight is 330 g/mol. The highest BCUT2D eigenvalue weighted by Crippen LogP contribution is 2.50. The van der Waals surface area contributed by atoms with Gasteiger partial charge in [-0.05, 0) is 50.3 Å². The lowest BCUT2D eigenvalue weighted by Gasteiger charge is -2.40. The maximum atomic E-state index is 11.3. The number of hydrogen-bond donors (Lipinski definition) is 2. The molecule has 3 rings (SSSR count). The number of phenolic OH excluding ortho intramolecular Hbond substituents is 1. The fraction of sp³-hybridized carbons (Fsp3) is 0.550. The fourth-order valence-electron chi connectivity index (χ4n) is 4.04. The van der Waals surface area contributed by atoms with E-state index in [4.69, 9.17) is 4.74 Å². The summed E-state index contributed by atoms with van der Waals surface area (Å²) < 4.78 is 6.09. The van der Waals surface area contributed by atoms with Crippen molar-refractivity contribution in [2.45, 2.75) is 64.4 Å². The zero-order valence-electron chi connectivity index (χ0n) is 14.4. The van der Waals surface area contributed by atoms with Gasteiger partial charge in [0.1, 0.15) is 11.5 Å². The summed E-state index contributed by atoms with van der Waals surface area (Å²) in [5.41, 5.74) is 2.29. The standard InChI is InChI=1S/C20H26O4/c1-3-4-5-6-13-9-17(21)19-16-11-14(20(22)23)7-8-15(16)12(2)24-18(19)10-13/h9-12,15-16,21H,3-8H2,1-2H3,(H,22,23)/t12?,15-,16+/m0/s1. The summed E-state index contributed by atoms with van der Waals surface area (Å²) in [5.74, 6) is 0.248. The monoisotopic (exact) mass is 330 g/mol. The van der Waals surface area contributed by atoms with Gasteiger partial charge in [0.25, 0.3) is 0 Å². The van der Waals surface area contributed by atoms with Crippen LogP contribution in [-0.2, 0) is 11.2 Å². The lowest BCUT2D eigenvalue weighted by atomic mass is 9.72. The predicted molar refractivity (Wildman–Crippen MR) is 92.6 cm³/mol. The van der Waals surface area contributed by atoms with Gasteiger partial charge in [0.05, 0.1) is 6.10 Å². The van der Waals surface area contributed by atoms with Crippen molar-refractivity contribution >= 4 is 5.97 Å². The van der Waals surface area contributed by atoms with E-state index in [0.29, 0.717) is 12.0 Å². The van der Waals surface area contributed by atoms with Gasteiger partial charge in [-0.25, -0.2) is 4.79 Å². The third kappa shape index (κ3) is 3.14. The van der Waals surface area contributed by atoms with E-state index in [-0.39, 0.29) is 23.7 Å². The molecule has 24 heavy (non-hydrogen) atoms. The van der Waals surface area contributed by atoms with Crippen LogP contribution in [0, 0.1) is 5.92 Å². The SMILES string of the molecule is CCCCCc1cc(O)c2c(c1)OC(C)[C@@H]1CCC(C(=O)O)=C[C@@H]21. The Morgan fingerprint density at radius 1 is 1.33 bits per heavy atom. The highest BCUT2D eigenvalue weighted by molar-refractivity contribution is 5.87. The van der Waals surface area contributed by atoms with Gasteiger partial charge in [0.15, 0.2) is 0 Å². The second-order valence-electron chi connectivity index (χ2n) is 7.03. The number of phenols is 1. The van der Waals surface area contributed by atoms with Gasteiger partial charge in [-0.15, -0.1) is 0 Å². The molecule has 2 N–H and O–H groups in total. The summed E-state index contributed by atoms with van der Waals surface area (Å²) in [6, 6.07) is 3.86. The van der Waals surface area contributed by atoms with E-state index in [1.54, 1.807) is 0 Å². The summed E-state index contributed by atoms with van der Waals surface area (Å²) in [6.07, 6.45) is 7.55. The molecular formula is C20H26O4. The second kappa shape index (κ2) is 6.88. The second-order valence-corrected chi connectivity index (χ2v) is 7.03. The number of carboxylic acid groups (broad SMARTS) is 1. The maximum absolute atomic E-state index is 11.3. The van der Waals surface area contributed by atoms with Gasteiger partial charge in [0.2, 0.25) is 0 Å². The van der Waals surface area contributed by atoms with E-state index >= 15 is 0 Å². The number of aryl methyl sites for hydroxylation is 1. The van der Waals surface area contributed by atoms with Crippen LogP contribution in [0.1, 0.15) is 63.0 Å². The summed E-state index contributed by atoms with van der Waals surface area (Å²) in [5, 5.41) is 19.9. The molecule has 1 aliphatic carbocycles. The maximum Gasteiger partial charge on any atom is 0.331 e. The molecule has 4 nitrogen and oxygen atoms in total. The highest BCUT2D eigenvalue weighted by atomic mass is 16.5. The van der Waals surface area contributed by atoms with E-state index in [1.807, 2.05) is 25.1 Å². The Kier molecular flexibility index (Phi) is 4.83. The van der Waals surface area contributed by atoms with E-state index in [9.17, 15) is 15.0 Å². The molecular weight excluding hydrogens is 304 g/mol. The number of hydrogen-bond acceptors (Lipinski definition) is 3. The lowest BCUT2D eigenvalue weighted by molar-refractivity contribution is -0.133. The summed E-state index contributed by atoms with van der Waals surface area (Å²) in [6.45, 7) is 4.21. The van der Waals surface area contributed by atoms with Gasteiger partial charge >= 0.3 is 5.97 Å². The molecule has 0 saturated heterocycles. The largest absolute Gasteiger partial charge is 0.507 e. The smallest absolute Gasteiger partial charge is 0.331 e. The van der Waals surface area contributed by atoms with Crippen LogP contribution < -0.4 is 4.74 Å². The number of rotatable bonds is 5. The van der Waals surface area contributed by atoms with Gasteiger partial charge in [0, 0.05) is 23.0 Å². The van der Waals surface area contributed by atoms with Gasteiger partial charge in [-0.3, -0.25) is 0 Å². The number of unbranched alkanes of at least 4 members (excludes halogenated alkanes) is 2. The number of allylic oxidation sites excluding steroid dienone is 1. The molecule has 3 atom stereocenters. The van der Waals surface area contributed by atoms with Crippen molar-refractivity contribution in [1.82, 2.24) is 0 Å². The molecule has 0 amide bonds. The van der Waals surface area contributed by atoms with Crippen molar-refractivity contribution in [2.24, 2.45) is 5.92 Å². The Hall–Kier alpha value is -1.97. The fourth-order valence-corrected chi connectivity index (χ4v) is 4.04. The lowest BCUT2D eigenvalue weighted by Crippen LogP contribution is -2.35. The number of fused-ring (bicyclic) bond motifs is 3. The van der Waals surface area contributed by atoms with Crippen LogP contribution in [0.2, 0.25) is 0 Å². The number of aromatic hydroxyl groups is 1. The third-order valence-corrected chi connectivity index (χ3v) is 5.36. The molecule has 1 aromatic carbocycles. The van der Waals surface area contributed by atoms with Crippen molar-refractivity contribution < 1.29 is 19.7 Å². The van der Waals surface area contributed by atoms with Gasteiger partial charge in [-0.1, -0.05) is 25.8 Å². The molecule has 1 aromatic rings. The van der Waals surface area contributed by atoms with Crippen molar-refractivity contribution in [3.63, 3.8) is 0 Å². The first-order valence-corrected chi connectivity index (χ1v) is 8.97. The molecule has 2 aliphatic rings. The summed E-state index contributed by atoms with van der Waals surface area (Å²) in [7, 11) is 0. The van der Waals surface area contributed by atoms with Gasteiger partial charge in [-0.2, -0.15) is 0 Å². The van der Waals surface area contributed by atoms with Crippen LogP contribution in [0.4, 0.5) is 0 Å². The topological polar surface area (TPSA) is 66.8 Å². The minimum atomic E-state index is -0.857. The first-order valence-electron chi connectivity index (χ1n) is 8.97. The molecule has 1 heterocycles. The van der Waals surface area contributed by atoms with Crippen LogP contribution in [0.15, 0.2) is 23.8 Å². The average Bonchev–Trinajstić information content (AvgIpc) is 2.54. The van der Waals surface area contributed by atoms with Crippen LogP contribution in [0.5, 0.6) is 11.5 Å². The minimum absolute atomic E-state index is 0.0272. The molecule has 0 aromatic heterocycles. The molecule has 0 radical (unpaired) electrons. The molecule has 4 heteroatoms. The van der Waals surface area contributed by atoms with Crippen LogP contribution in [0.25, 0.3) is 0 Å². The number of aliphatic carboxylic acids is 1. The number of carbonyl (C=O) groups is 1. The normalized spacial score (nSPS) is 25.2. The van der Waals surface area contributed by atoms with Crippen molar-refractivity contribution in [2.75, 3.05) is 0 Å². The Balaban J connectivity index is 1.96. The molecule has 1 aliphatic heterocycles. The first kappa shape index (κ1) is 16.9. The molecule has 0 saturated carbocycles. The minimum Gasteiger partial charge on any atom is -0.507 e. The Morgan fingerprint density at radius 2 is 2.12 bits per heavy atom. The zero-order valence-corrected chi connectivity index (χ0v) is 14.4. The first-order chi connectivity index (χ1) is 11.5. The Labute approximate surface area is 143 Å².